The number of nitrogens with one attached hydrogen (secondary N) is 2. The van der Waals surface area contributed by atoms with E-state index in [9.17, 15) is 9.59 Å². The highest BCUT2D eigenvalue weighted by Gasteiger charge is 2.19. The van der Waals surface area contributed by atoms with Gasteiger partial charge in [0.05, 0.1) is 0 Å². The third-order valence-electron chi connectivity index (χ3n) is 5.72. The number of hydrogen-bond donors (Lipinski definition) is 2. The maximum atomic E-state index is 13.2. The Hall–Kier alpha value is -4.58. The van der Waals surface area contributed by atoms with Crippen molar-refractivity contribution in [3.8, 4) is 0 Å². The Labute approximate surface area is 212 Å². The molecule has 6 heteroatoms. The molecule has 0 aromatic heterocycles. The van der Waals surface area contributed by atoms with E-state index in [0.717, 1.165) is 22.3 Å². The maximum Gasteiger partial charge on any atom is 0.336 e. The smallest absolute Gasteiger partial charge is 0.315 e. The van der Waals surface area contributed by atoms with Crippen molar-refractivity contribution in [2.24, 2.45) is 0 Å². The zero-order valence-corrected chi connectivity index (χ0v) is 20.1. The fraction of sp³-hybridized carbons (Fsp3) is 0.133. The Kier molecular flexibility index (Phi) is 8.70. The second-order valence-electron chi connectivity index (χ2n) is 8.51. The molecule has 0 atom stereocenters. The van der Waals surface area contributed by atoms with Crippen LogP contribution in [0.2, 0.25) is 0 Å². The van der Waals surface area contributed by atoms with Gasteiger partial charge in [0.1, 0.15) is 0 Å². The predicted octanol–water partition coefficient (Wildman–Crippen LogP) is 5.73. The molecule has 6 nitrogen and oxygen atoms in total. The first-order chi connectivity index (χ1) is 17.7. The highest BCUT2D eigenvalue weighted by molar-refractivity contribution is 5.80. The van der Waals surface area contributed by atoms with E-state index in [1.807, 2.05) is 121 Å². The Balaban J connectivity index is 1.44. The number of rotatable bonds is 8. The molecule has 0 aliphatic heterocycles. The van der Waals surface area contributed by atoms with Crippen LogP contribution in [0.4, 0.5) is 9.59 Å². The van der Waals surface area contributed by atoms with Crippen LogP contribution in [0.15, 0.2) is 121 Å². The lowest BCUT2D eigenvalue weighted by molar-refractivity contribution is 0.172. The van der Waals surface area contributed by atoms with Gasteiger partial charge in [-0.1, -0.05) is 121 Å². The molecule has 0 fully saturated rings. The van der Waals surface area contributed by atoms with E-state index in [1.54, 1.807) is 9.80 Å². The molecule has 4 aromatic rings. The second-order valence-corrected chi connectivity index (χ2v) is 8.51. The standard InChI is InChI=1S/C30H30N4O2/c35-29(33(21-25-13-5-1-6-14-25)22-26-15-7-2-8-16-26)31-32-30(36)34(23-27-17-9-3-10-18-27)24-28-19-11-4-12-20-28/h1-20H,21-24H2,(H,31,35)(H,32,36). The average Bonchev–Trinajstić information content (AvgIpc) is 2.93. The van der Waals surface area contributed by atoms with Crippen LogP contribution in [0.1, 0.15) is 22.3 Å². The van der Waals surface area contributed by atoms with Crippen LogP contribution >= 0.6 is 0 Å². The summed E-state index contributed by atoms with van der Waals surface area (Å²) >= 11 is 0. The first-order valence-corrected chi connectivity index (χ1v) is 11.9. The van der Waals surface area contributed by atoms with Crippen molar-refractivity contribution in [1.29, 1.82) is 0 Å². The number of amides is 4. The van der Waals surface area contributed by atoms with Crippen LogP contribution in [0.3, 0.4) is 0 Å². The van der Waals surface area contributed by atoms with Crippen LogP contribution < -0.4 is 10.9 Å². The van der Waals surface area contributed by atoms with Gasteiger partial charge in [0.2, 0.25) is 0 Å². The van der Waals surface area contributed by atoms with Gasteiger partial charge in [0.25, 0.3) is 0 Å². The lowest BCUT2D eigenvalue weighted by Crippen LogP contribution is -2.52. The summed E-state index contributed by atoms with van der Waals surface area (Å²) < 4.78 is 0. The highest BCUT2D eigenvalue weighted by Crippen LogP contribution is 2.12. The van der Waals surface area contributed by atoms with E-state index in [0.29, 0.717) is 26.2 Å². The number of hydrogen-bond acceptors (Lipinski definition) is 2. The van der Waals surface area contributed by atoms with Gasteiger partial charge in [-0.15, -0.1) is 0 Å². The van der Waals surface area contributed by atoms with Crippen molar-refractivity contribution in [2.45, 2.75) is 26.2 Å². The van der Waals surface area contributed by atoms with Gasteiger partial charge in [-0.2, -0.15) is 0 Å². The van der Waals surface area contributed by atoms with E-state index >= 15 is 0 Å². The van der Waals surface area contributed by atoms with E-state index in [4.69, 9.17) is 0 Å². The minimum atomic E-state index is -0.379. The largest absolute Gasteiger partial charge is 0.336 e. The van der Waals surface area contributed by atoms with E-state index in [1.165, 1.54) is 0 Å². The molecule has 4 aromatic carbocycles. The van der Waals surface area contributed by atoms with Crippen LogP contribution in [0, 0.1) is 0 Å². The minimum Gasteiger partial charge on any atom is -0.315 e. The normalized spacial score (nSPS) is 10.3. The summed E-state index contributed by atoms with van der Waals surface area (Å²) in [6, 6.07) is 38.4. The molecule has 0 spiro atoms. The van der Waals surface area contributed by atoms with Crippen LogP contribution in [-0.4, -0.2) is 21.9 Å². The Morgan fingerprint density at radius 1 is 0.417 bits per heavy atom. The molecule has 0 radical (unpaired) electrons. The molecule has 4 rings (SSSR count). The van der Waals surface area contributed by atoms with E-state index in [-0.39, 0.29) is 12.1 Å². The molecule has 0 bridgehead atoms. The number of hydrazine groups is 1. The molecular formula is C30H30N4O2. The second kappa shape index (κ2) is 12.8. The average molecular weight is 479 g/mol. The lowest BCUT2D eigenvalue weighted by atomic mass is 10.2. The Morgan fingerprint density at radius 3 is 0.861 bits per heavy atom. The summed E-state index contributed by atoms with van der Waals surface area (Å²) in [4.78, 5) is 29.7. The van der Waals surface area contributed by atoms with Gasteiger partial charge in [-0.05, 0) is 22.3 Å². The number of benzene rings is 4. The fourth-order valence-corrected chi connectivity index (χ4v) is 3.88. The summed E-state index contributed by atoms with van der Waals surface area (Å²) in [5.74, 6) is 0. The van der Waals surface area contributed by atoms with Crippen molar-refractivity contribution in [3.63, 3.8) is 0 Å². The van der Waals surface area contributed by atoms with Crippen molar-refractivity contribution < 1.29 is 9.59 Å². The minimum absolute atomic E-state index is 0.379. The molecular weight excluding hydrogens is 448 g/mol. The van der Waals surface area contributed by atoms with Gasteiger partial charge in [0.15, 0.2) is 0 Å². The topological polar surface area (TPSA) is 64.7 Å². The quantitative estimate of drug-likeness (QED) is 0.318. The van der Waals surface area contributed by atoms with E-state index < -0.39 is 0 Å². The molecule has 0 saturated heterocycles. The summed E-state index contributed by atoms with van der Waals surface area (Å²) in [5, 5.41) is 0. The zero-order chi connectivity index (χ0) is 25.0. The molecule has 36 heavy (non-hydrogen) atoms. The van der Waals surface area contributed by atoms with Crippen molar-refractivity contribution in [3.05, 3.63) is 144 Å². The molecule has 0 aliphatic rings. The van der Waals surface area contributed by atoms with Crippen molar-refractivity contribution in [2.75, 3.05) is 0 Å². The third kappa shape index (κ3) is 7.46. The maximum absolute atomic E-state index is 13.2. The molecule has 182 valence electrons. The molecule has 0 saturated carbocycles. The first-order valence-electron chi connectivity index (χ1n) is 11.9. The van der Waals surface area contributed by atoms with Gasteiger partial charge >= 0.3 is 12.1 Å². The Bertz CT molecular complexity index is 1040. The number of urea groups is 2. The number of nitrogens with zero attached hydrogens (tertiary/aromatic N) is 2. The lowest BCUT2D eigenvalue weighted by Gasteiger charge is -2.26. The van der Waals surface area contributed by atoms with Crippen molar-refractivity contribution in [1.82, 2.24) is 20.7 Å². The van der Waals surface area contributed by atoms with E-state index in [2.05, 4.69) is 10.9 Å². The Morgan fingerprint density at radius 2 is 0.639 bits per heavy atom. The molecule has 0 unspecified atom stereocenters. The van der Waals surface area contributed by atoms with Crippen LogP contribution in [-0.2, 0) is 26.2 Å². The van der Waals surface area contributed by atoms with Crippen molar-refractivity contribution >= 4 is 12.1 Å². The highest BCUT2D eigenvalue weighted by atomic mass is 16.2. The molecule has 0 heterocycles. The van der Waals surface area contributed by atoms with Gasteiger partial charge in [-0.25, -0.2) is 20.4 Å². The summed E-state index contributed by atoms with van der Waals surface area (Å²) in [6.07, 6.45) is 0. The summed E-state index contributed by atoms with van der Waals surface area (Å²) in [7, 11) is 0. The summed E-state index contributed by atoms with van der Waals surface area (Å²) in [6.45, 7) is 1.65. The molecule has 0 aliphatic carbocycles. The molecule has 4 amide bonds. The van der Waals surface area contributed by atoms with Crippen LogP contribution in [0.25, 0.3) is 0 Å². The first kappa shape index (κ1) is 24.5. The van der Waals surface area contributed by atoms with Gasteiger partial charge < -0.3 is 9.80 Å². The predicted molar refractivity (Wildman–Crippen MR) is 141 cm³/mol. The third-order valence-corrected chi connectivity index (χ3v) is 5.72. The monoisotopic (exact) mass is 478 g/mol. The zero-order valence-electron chi connectivity index (χ0n) is 20.1. The number of carbonyl (C=O) groups excluding carboxylic acids is 2. The summed E-state index contributed by atoms with van der Waals surface area (Å²) in [5.41, 5.74) is 9.26. The van der Waals surface area contributed by atoms with Gasteiger partial charge in [0, 0.05) is 26.2 Å². The fourth-order valence-electron chi connectivity index (χ4n) is 3.88. The SMILES string of the molecule is O=C(NNC(=O)N(Cc1ccccc1)Cc1ccccc1)N(Cc1ccccc1)Cc1ccccc1. The number of carbonyl (C=O) groups is 2. The van der Waals surface area contributed by atoms with Crippen LogP contribution in [0.5, 0.6) is 0 Å². The van der Waals surface area contributed by atoms with Gasteiger partial charge in [-0.3, -0.25) is 0 Å². The molecule has 2 N–H and O–H groups in total.